The first kappa shape index (κ1) is 17.4. The highest BCUT2D eigenvalue weighted by molar-refractivity contribution is 5.81. The number of hydrogen-bond donors (Lipinski definition) is 3. The van der Waals surface area contributed by atoms with E-state index in [0.29, 0.717) is 19.4 Å². The lowest BCUT2D eigenvalue weighted by molar-refractivity contribution is -0.123. The van der Waals surface area contributed by atoms with Crippen molar-refractivity contribution in [3.8, 4) is 0 Å². The van der Waals surface area contributed by atoms with Gasteiger partial charge in [0.2, 0.25) is 5.91 Å². The first-order valence-corrected chi connectivity index (χ1v) is 7.18. The molecule has 0 aliphatic carbocycles. The van der Waals surface area contributed by atoms with Crippen LogP contribution < -0.4 is 10.6 Å². The number of aliphatic hydroxyl groups is 1. The molecule has 0 aliphatic heterocycles. The highest BCUT2D eigenvalue weighted by atomic mass is 16.3. The lowest BCUT2D eigenvalue weighted by atomic mass is 9.97. The fourth-order valence-electron chi connectivity index (χ4n) is 1.75. The van der Waals surface area contributed by atoms with Crippen LogP contribution in [0.2, 0.25) is 0 Å². The van der Waals surface area contributed by atoms with Gasteiger partial charge >= 0.3 is 0 Å². The number of carbonyl (C=O) groups excluding carboxylic acids is 1. The molecule has 0 spiro atoms. The Morgan fingerprint density at radius 3 is 2.06 bits per heavy atom. The molecule has 0 bridgehead atoms. The van der Waals surface area contributed by atoms with Crippen LogP contribution in [0.15, 0.2) is 0 Å². The van der Waals surface area contributed by atoms with Crippen LogP contribution in [-0.4, -0.2) is 35.2 Å². The van der Waals surface area contributed by atoms with Crippen LogP contribution in [0.3, 0.4) is 0 Å². The Hall–Kier alpha value is -0.610. The first-order valence-electron chi connectivity index (χ1n) is 7.18. The summed E-state index contributed by atoms with van der Waals surface area (Å²) >= 11 is 0. The molecule has 1 atom stereocenters. The highest BCUT2D eigenvalue weighted by Crippen LogP contribution is 2.13. The fraction of sp³-hybridized carbons (Fsp3) is 0.929. The molecular formula is C14H30N2O2. The number of nitrogens with one attached hydrogen (secondary N) is 2. The summed E-state index contributed by atoms with van der Waals surface area (Å²) in [5.41, 5.74) is -0.705. The summed E-state index contributed by atoms with van der Waals surface area (Å²) in [5, 5.41) is 16.3. The van der Waals surface area contributed by atoms with Gasteiger partial charge in [-0.1, -0.05) is 27.7 Å². The zero-order valence-corrected chi connectivity index (χ0v) is 12.5. The Morgan fingerprint density at radius 2 is 1.67 bits per heavy atom. The van der Waals surface area contributed by atoms with Crippen molar-refractivity contribution < 1.29 is 9.90 Å². The van der Waals surface area contributed by atoms with E-state index < -0.39 is 5.60 Å². The van der Waals surface area contributed by atoms with Gasteiger partial charge in [0, 0.05) is 12.6 Å². The average molecular weight is 258 g/mol. The molecule has 18 heavy (non-hydrogen) atoms. The predicted molar refractivity (Wildman–Crippen MR) is 75.5 cm³/mol. The maximum absolute atomic E-state index is 11.9. The molecule has 0 aromatic heterocycles. The van der Waals surface area contributed by atoms with Gasteiger partial charge < -0.3 is 15.7 Å². The molecular weight excluding hydrogens is 228 g/mol. The van der Waals surface area contributed by atoms with Gasteiger partial charge in [0.05, 0.1) is 11.6 Å². The van der Waals surface area contributed by atoms with Crippen LogP contribution in [0, 0.1) is 0 Å². The molecule has 0 aliphatic rings. The number of rotatable bonds is 9. The summed E-state index contributed by atoms with van der Waals surface area (Å²) in [6.07, 6.45) is 3.28. The van der Waals surface area contributed by atoms with Crippen molar-refractivity contribution in [2.24, 2.45) is 0 Å². The van der Waals surface area contributed by atoms with Crippen LogP contribution in [0.25, 0.3) is 0 Å². The van der Waals surface area contributed by atoms with Crippen LogP contribution >= 0.6 is 0 Å². The molecule has 0 radical (unpaired) electrons. The highest BCUT2D eigenvalue weighted by Gasteiger charge is 2.24. The standard InChI is InChI=1S/C14H30N2O2/c1-6-12(7-2)16-13(17)11(5)15-10-14(18,8-3)9-4/h11-12,15,18H,6-10H2,1-5H3,(H,16,17). The third kappa shape index (κ3) is 5.83. The van der Waals surface area contributed by atoms with Crippen molar-refractivity contribution in [2.75, 3.05) is 6.54 Å². The van der Waals surface area contributed by atoms with E-state index in [9.17, 15) is 9.90 Å². The first-order chi connectivity index (χ1) is 8.42. The third-order valence-electron chi connectivity index (χ3n) is 3.78. The molecule has 4 heteroatoms. The van der Waals surface area contributed by atoms with Crippen LogP contribution in [0.5, 0.6) is 0 Å². The SMILES string of the molecule is CCC(CC)NC(=O)C(C)NCC(O)(CC)CC. The molecule has 1 amide bonds. The molecule has 0 rings (SSSR count). The Morgan fingerprint density at radius 1 is 1.17 bits per heavy atom. The Labute approximate surface area is 112 Å². The van der Waals surface area contributed by atoms with E-state index in [1.54, 1.807) is 0 Å². The smallest absolute Gasteiger partial charge is 0.237 e. The number of carbonyl (C=O) groups is 1. The minimum atomic E-state index is -0.705. The second-order valence-electron chi connectivity index (χ2n) is 5.06. The topological polar surface area (TPSA) is 61.4 Å². The van der Waals surface area contributed by atoms with Gasteiger partial charge in [0.1, 0.15) is 0 Å². The quantitative estimate of drug-likeness (QED) is 0.591. The van der Waals surface area contributed by atoms with E-state index in [1.165, 1.54) is 0 Å². The zero-order valence-electron chi connectivity index (χ0n) is 12.5. The number of hydrogen-bond acceptors (Lipinski definition) is 3. The van der Waals surface area contributed by atoms with Gasteiger partial charge in [0.15, 0.2) is 0 Å². The summed E-state index contributed by atoms with van der Waals surface area (Å²) in [4.78, 5) is 11.9. The molecule has 3 N–H and O–H groups in total. The average Bonchev–Trinajstić information content (AvgIpc) is 2.41. The predicted octanol–water partition coefficient (Wildman–Crippen LogP) is 1.82. The van der Waals surface area contributed by atoms with Gasteiger partial charge in [-0.3, -0.25) is 4.79 Å². The molecule has 108 valence electrons. The van der Waals surface area contributed by atoms with Gasteiger partial charge in [-0.15, -0.1) is 0 Å². The Balaban J connectivity index is 4.16. The molecule has 4 nitrogen and oxygen atoms in total. The Kier molecular flexibility index (Phi) is 8.20. The summed E-state index contributed by atoms with van der Waals surface area (Å²) in [5.74, 6) is 0.0123. The van der Waals surface area contributed by atoms with Crippen LogP contribution in [-0.2, 0) is 4.79 Å². The summed E-state index contributed by atoms with van der Waals surface area (Å²) in [7, 11) is 0. The summed E-state index contributed by atoms with van der Waals surface area (Å²) in [6.45, 7) is 10.3. The molecule has 1 unspecified atom stereocenters. The van der Waals surface area contributed by atoms with E-state index in [1.807, 2.05) is 20.8 Å². The monoisotopic (exact) mass is 258 g/mol. The van der Waals surface area contributed by atoms with E-state index in [0.717, 1.165) is 12.8 Å². The third-order valence-corrected chi connectivity index (χ3v) is 3.78. The second kappa shape index (κ2) is 8.48. The maximum atomic E-state index is 11.9. The molecule has 0 saturated heterocycles. The second-order valence-corrected chi connectivity index (χ2v) is 5.06. The van der Waals surface area contributed by atoms with Gasteiger partial charge in [0.25, 0.3) is 0 Å². The normalized spacial score (nSPS) is 13.7. The van der Waals surface area contributed by atoms with Crippen molar-refractivity contribution in [3.63, 3.8) is 0 Å². The van der Waals surface area contributed by atoms with Gasteiger partial charge in [-0.05, 0) is 32.6 Å². The van der Waals surface area contributed by atoms with Crippen molar-refractivity contribution in [2.45, 2.75) is 78.0 Å². The van der Waals surface area contributed by atoms with Gasteiger partial charge in [-0.2, -0.15) is 0 Å². The molecule has 0 fully saturated rings. The van der Waals surface area contributed by atoms with E-state index in [4.69, 9.17) is 0 Å². The minimum absolute atomic E-state index is 0.0123. The summed E-state index contributed by atoms with van der Waals surface area (Å²) < 4.78 is 0. The lowest BCUT2D eigenvalue weighted by Gasteiger charge is -2.28. The number of amides is 1. The molecule has 0 saturated carbocycles. The largest absolute Gasteiger partial charge is 0.389 e. The zero-order chi connectivity index (χ0) is 14.2. The molecule has 0 aromatic carbocycles. The van der Waals surface area contributed by atoms with Crippen molar-refractivity contribution in [1.29, 1.82) is 0 Å². The molecule has 0 aromatic rings. The minimum Gasteiger partial charge on any atom is -0.389 e. The van der Waals surface area contributed by atoms with Crippen LogP contribution in [0.4, 0.5) is 0 Å². The summed E-state index contributed by atoms with van der Waals surface area (Å²) in [6, 6.07) is -0.0202. The van der Waals surface area contributed by atoms with Crippen LogP contribution in [0.1, 0.15) is 60.3 Å². The van der Waals surface area contributed by atoms with E-state index in [-0.39, 0.29) is 18.0 Å². The van der Waals surface area contributed by atoms with Crippen molar-refractivity contribution in [3.05, 3.63) is 0 Å². The molecule has 0 heterocycles. The fourth-order valence-corrected chi connectivity index (χ4v) is 1.75. The Bertz CT molecular complexity index is 236. The van der Waals surface area contributed by atoms with E-state index >= 15 is 0 Å². The van der Waals surface area contributed by atoms with Crippen molar-refractivity contribution in [1.82, 2.24) is 10.6 Å². The van der Waals surface area contributed by atoms with E-state index in [2.05, 4.69) is 24.5 Å². The van der Waals surface area contributed by atoms with Gasteiger partial charge in [-0.25, -0.2) is 0 Å². The maximum Gasteiger partial charge on any atom is 0.237 e. The van der Waals surface area contributed by atoms with Crippen molar-refractivity contribution >= 4 is 5.91 Å². The lowest BCUT2D eigenvalue weighted by Crippen LogP contribution is -2.50.